The van der Waals surface area contributed by atoms with Crippen molar-refractivity contribution in [3.8, 4) is 67.5 Å². The highest BCUT2D eigenvalue weighted by Gasteiger charge is 2.20. The van der Waals surface area contributed by atoms with Crippen LogP contribution in [0.3, 0.4) is 0 Å². The third-order valence-corrected chi connectivity index (χ3v) is 10.9. The van der Waals surface area contributed by atoms with E-state index in [-0.39, 0.29) is 0 Å². The number of hydrogen-bond donors (Lipinski definition) is 0. The number of hydrogen-bond acceptors (Lipinski definition) is 4. The summed E-state index contributed by atoms with van der Waals surface area (Å²) in [6.07, 6.45) is 0. The van der Waals surface area contributed by atoms with Crippen LogP contribution in [0.5, 0.6) is 0 Å². The van der Waals surface area contributed by atoms with Crippen molar-refractivity contribution in [3.63, 3.8) is 0 Å². The Balaban J connectivity index is 1.13. The van der Waals surface area contributed by atoms with Crippen molar-refractivity contribution in [2.24, 2.45) is 0 Å². The Morgan fingerprint density at radius 1 is 0.263 bits per heavy atom. The summed E-state index contributed by atoms with van der Waals surface area (Å²) in [5.74, 6) is 1.85. The molecule has 266 valence electrons. The Hall–Kier alpha value is -7.69. The highest BCUT2D eigenvalue weighted by atomic mass is 16.3. The molecule has 0 bridgehead atoms. The maximum Gasteiger partial charge on any atom is 0.164 e. The van der Waals surface area contributed by atoms with Gasteiger partial charge in [0.15, 0.2) is 17.5 Å². The van der Waals surface area contributed by atoms with Gasteiger partial charge in [-0.15, -0.1) is 0 Å². The molecule has 11 rings (SSSR count). The van der Waals surface area contributed by atoms with E-state index in [0.29, 0.717) is 17.5 Å². The van der Waals surface area contributed by atoms with Crippen LogP contribution < -0.4 is 0 Å². The van der Waals surface area contributed by atoms with Crippen molar-refractivity contribution in [2.45, 2.75) is 0 Å². The quantitative estimate of drug-likeness (QED) is 0.171. The van der Waals surface area contributed by atoms with Gasteiger partial charge in [-0.25, -0.2) is 15.0 Å². The lowest BCUT2D eigenvalue weighted by Gasteiger charge is -2.14. The molecule has 4 heteroatoms. The van der Waals surface area contributed by atoms with Crippen LogP contribution in [0, 0.1) is 0 Å². The molecule has 0 saturated carbocycles. The molecule has 0 aliphatic heterocycles. The molecule has 11 aromatic rings. The Kier molecular flexibility index (Phi) is 7.78. The molecule has 0 N–H and O–H groups in total. The van der Waals surface area contributed by atoms with Crippen LogP contribution in [0.4, 0.5) is 0 Å². The van der Waals surface area contributed by atoms with Crippen LogP contribution in [0.15, 0.2) is 205 Å². The predicted molar refractivity (Wildman–Crippen MR) is 235 cm³/mol. The number of benzene rings is 9. The highest BCUT2D eigenvalue weighted by Crippen LogP contribution is 2.42. The van der Waals surface area contributed by atoms with E-state index in [0.717, 1.165) is 71.3 Å². The van der Waals surface area contributed by atoms with Crippen LogP contribution in [0.1, 0.15) is 0 Å². The number of nitrogens with zero attached hydrogens (tertiary/aromatic N) is 3. The molecule has 0 atom stereocenters. The van der Waals surface area contributed by atoms with Gasteiger partial charge in [-0.3, -0.25) is 0 Å². The maximum atomic E-state index is 6.67. The zero-order chi connectivity index (χ0) is 37.7. The van der Waals surface area contributed by atoms with E-state index in [4.69, 9.17) is 19.4 Å². The molecule has 9 aromatic carbocycles. The van der Waals surface area contributed by atoms with Crippen molar-refractivity contribution < 1.29 is 4.42 Å². The number of rotatable bonds is 6. The first kappa shape index (κ1) is 32.7. The lowest BCUT2D eigenvalue weighted by Crippen LogP contribution is -2.01. The molecule has 0 saturated heterocycles. The average molecular weight is 728 g/mol. The lowest BCUT2D eigenvalue weighted by atomic mass is 9.94. The van der Waals surface area contributed by atoms with Gasteiger partial charge in [0.2, 0.25) is 0 Å². The molecule has 57 heavy (non-hydrogen) atoms. The number of aromatic nitrogens is 3. The van der Waals surface area contributed by atoms with E-state index >= 15 is 0 Å². The smallest absolute Gasteiger partial charge is 0.164 e. The van der Waals surface area contributed by atoms with Gasteiger partial charge in [-0.1, -0.05) is 170 Å². The SMILES string of the molecule is c1ccc(-c2cccc(-c3ccc4oc5c6ccccc6c(-c6nc(-c7ccccc7)nc(-c7ccc(-c8ccccc8)c8ccccc78)n6)cc5c4c3)c2)cc1. The molecule has 0 fully saturated rings. The van der Waals surface area contributed by atoms with Gasteiger partial charge in [0.25, 0.3) is 0 Å². The Morgan fingerprint density at radius 2 is 0.754 bits per heavy atom. The third-order valence-electron chi connectivity index (χ3n) is 10.9. The van der Waals surface area contributed by atoms with Gasteiger partial charge in [0, 0.05) is 32.8 Å². The summed E-state index contributed by atoms with van der Waals surface area (Å²) in [6, 6.07) is 69.8. The average Bonchev–Trinajstić information content (AvgIpc) is 3.67. The normalized spacial score (nSPS) is 11.5. The van der Waals surface area contributed by atoms with Crippen molar-refractivity contribution in [1.82, 2.24) is 15.0 Å². The first-order valence-electron chi connectivity index (χ1n) is 19.2. The second-order valence-electron chi connectivity index (χ2n) is 14.4. The Bertz CT molecular complexity index is 3280. The van der Waals surface area contributed by atoms with Crippen LogP contribution in [-0.4, -0.2) is 15.0 Å². The summed E-state index contributed by atoms with van der Waals surface area (Å²) >= 11 is 0. The molecular formula is C53H33N3O. The zero-order valence-electron chi connectivity index (χ0n) is 30.8. The van der Waals surface area contributed by atoms with E-state index in [1.54, 1.807) is 0 Å². The zero-order valence-corrected chi connectivity index (χ0v) is 30.8. The van der Waals surface area contributed by atoms with E-state index in [1.165, 1.54) is 22.3 Å². The topological polar surface area (TPSA) is 51.8 Å². The minimum Gasteiger partial charge on any atom is -0.455 e. The summed E-state index contributed by atoms with van der Waals surface area (Å²) in [4.78, 5) is 15.7. The van der Waals surface area contributed by atoms with Gasteiger partial charge in [0.05, 0.1) is 0 Å². The summed E-state index contributed by atoms with van der Waals surface area (Å²) in [5, 5.41) is 6.31. The van der Waals surface area contributed by atoms with Gasteiger partial charge in [0.1, 0.15) is 11.2 Å². The molecule has 0 aliphatic carbocycles. The van der Waals surface area contributed by atoms with Crippen LogP contribution >= 0.6 is 0 Å². The van der Waals surface area contributed by atoms with Crippen LogP contribution in [0.2, 0.25) is 0 Å². The fourth-order valence-electron chi connectivity index (χ4n) is 8.17. The standard InChI is InChI=1S/C53H33N3O/c1-4-15-34(16-5-1)37-21-14-22-38(31-37)39-27-30-49-46(32-39)47-33-48(43-25-12-13-26-44(43)50(47)57-49)53-55-51(36-19-8-3-9-20-36)54-52(56-53)45-29-28-40(35-17-6-2-7-18-35)41-23-10-11-24-42(41)45/h1-33H. The van der Waals surface area contributed by atoms with Gasteiger partial charge >= 0.3 is 0 Å². The van der Waals surface area contributed by atoms with E-state index in [9.17, 15) is 0 Å². The minimum atomic E-state index is 0.606. The van der Waals surface area contributed by atoms with Gasteiger partial charge < -0.3 is 4.42 Å². The lowest BCUT2D eigenvalue weighted by molar-refractivity contribution is 0.673. The molecule has 0 aliphatic rings. The fraction of sp³-hybridized carbons (Fsp3) is 0. The van der Waals surface area contributed by atoms with Crippen molar-refractivity contribution in [1.29, 1.82) is 0 Å². The van der Waals surface area contributed by atoms with Crippen molar-refractivity contribution in [2.75, 3.05) is 0 Å². The van der Waals surface area contributed by atoms with Crippen molar-refractivity contribution in [3.05, 3.63) is 200 Å². The molecule has 4 nitrogen and oxygen atoms in total. The van der Waals surface area contributed by atoms with E-state index < -0.39 is 0 Å². The monoisotopic (exact) mass is 727 g/mol. The maximum absolute atomic E-state index is 6.67. The molecule has 0 spiro atoms. The highest BCUT2D eigenvalue weighted by molar-refractivity contribution is 6.19. The van der Waals surface area contributed by atoms with Crippen LogP contribution in [-0.2, 0) is 0 Å². The summed E-state index contributed by atoms with van der Waals surface area (Å²) < 4.78 is 6.67. The fourth-order valence-corrected chi connectivity index (χ4v) is 8.17. The van der Waals surface area contributed by atoms with Gasteiger partial charge in [-0.05, 0) is 79.9 Å². The summed E-state index contributed by atoms with van der Waals surface area (Å²) in [5.41, 5.74) is 11.5. The Labute approximate surface area is 329 Å². The summed E-state index contributed by atoms with van der Waals surface area (Å²) in [6.45, 7) is 0. The predicted octanol–water partition coefficient (Wildman–Crippen LogP) is 14.1. The largest absolute Gasteiger partial charge is 0.455 e. The second kappa shape index (κ2) is 13.6. The molecule has 0 amide bonds. The van der Waals surface area contributed by atoms with Gasteiger partial charge in [-0.2, -0.15) is 0 Å². The third kappa shape index (κ3) is 5.74. The van der Waals surface area contributed by atoms with E-state index in [1.807, 2.05) is 18.2 Å². The Morgan fingerprint density at radius 3 is 1.46 bits per heavy atom. The molecular weight excluding hydrogens is 695 g/mol. The van der Waals surface area contributed by atoms with E-state index in [2.05, 4.69) is 182 Å². The molecule has 2 heterocycles. The molecule has 0 radical (unpaired) electrons. The summed E-state index contributed by atoms with van der Waals surface area (Å²) in [7, 11) is 0. The van der Waals surface area contributed by atoms with Crippen LogP contribution in [0.25, 0.3) is 111 Å². The molecule has 2 aromatic heterocycles. The second-order valence-corrected chi connectivity index (χ2v) is 14.4. The molecule has 0 unspecified atom stereocenters. The van der Waals surface area contributed by atoms with Crippen molar-refractivity contribution >= 4 is 43.5 Å². The number of fused-ring (bicyclic) bond motifs is 6. The first-order valence-corrected chi connectivity index (χ1v) is 19.2. The number of furan rings is 1. The minimum absolute atomic E-state index is 0.606. The first-order chi connectivity index (χ1) is 28.2.